The minimum absolute atomic E-state index is 0.760. The highest BCUT2D eigenvalue weighted by atomic mass is 16.5. The number of hydrogen-bond donors (Lipinski definition) is 1. The number of ether oxygens (including phenoxy) is 1. The van der Waals surface area contributed by atoms with Crippen LogP contribution in [-0.4, -0.2) is 19.7 Å². The van der Waals surface area contributed by atoms with Gasteiger partial charge in [0.2, 0.25) is 0 Å². The van der Waals surface area contributed by atoms with Crippen molar-refractivity contribution in [1.29, 1.82) is 0 Å². The van der Waals surface area contributed by atoms with Gasteiger partial charge in [-0.05, 0) is 68.8 Å². The van der Waals surface area contributed by atoms with Crippen molar-refractivity contribution in [3.8, 4) is 5.75 Å². The predicted octanol–water partition coefficient (Wildman–Crippen LogP) is 4.16. The molecule has 1 fully saturated rings. The molecule has 0 amide bonds. The van der Waals surface area contributed by atoms with Crippen LogP contribution in [0.5, 0.6) is 5.75 Å². The van der Waals surface area contributed by atoms with Crippen molar-refractivity contribution in [2.45, 2.75) is 52.9 Å². The molecule has 0 spiro atoms. The molecule has 0 aromatic heterocycles. The third-order valence-corrected chi connectivity index (χ3v) is 4.46. The molecule has 0 radical (unpaired) electrons. The van der Waals surface area contributed by atoms with Crippen LogP contribution in [0.4, 0.5) is 0 Å². The standard InChI is InChI=1S/C18H29NO/c1-14-11-15(2)16(3)18(12-14)20-10-9-19-13-17-7-5-4-6-8-17/h11-12,17,19H,4-10,13H2,1-3H3. The van der Waals surface area contributed by atoms with E-state index >= 15 is 0 Å². The van der Waals surface area contributed by atoms with Crippen LogP contribution >= 0.6 is 0 Å². The number of aryl methyl sites for hydroxylation is 2. The Balaban J connectivity index is 1.68. The molecule has 0 heterocycles. The van der Waals surface area contributed by atoms with Gasteiger partial charge in [-0.2, -0.15) is 0 Å². The summed E-state index contributed by atoms with van der Waals surface area (Å²) in [5.74, 6) is 1.94. The highest BCUT2D eigenvalue weighted by molar-refractivity contribution is 5.41. The molecular weight excluding hydrogens is 246 g/mol. The fraction of sp³-hybridized carbons (Fsp3) is 0.667. The second kappa shape index (κ2) is 7.68. The van der Waals surface area contributed by atoms with Crippen molar-refractivity contribution in [2.24, 2.45) is 5.92 Å². The molecule has 112 valence electrons. The van der Waals surface area contributed by atoms with Crippen LogP contribution in [0.1, 0.15) is 48.8 Å². The van der Waals surface area contributed by atoms with Crippen LogP contribution in [0.15, 0.2) is 12.1 Å². The van der Waals surface area contributed by atoms with Crippen LogP contribution in [0.3, 0.4) is 0 Å². The lowest BCUT2D eigenvalue weighted by Crippen LogP contribution is -2.28. The zero-order valence-corrected chi connectivity index (χ0v) is 13.3. The van der Waals surface area contributed by atoms with E-state index in [0.29, 0.717) is 0 Å². The van der Waals surface area contributed by atoms with Gasteiger partial charge in [0.25, 0.3) is 0 Å². The first-order valence-corrected chi connectivity index (χ1v) is 8.08. The molecule has 1 N–H and O–H groups in total. The molecule has 2 rings (SSSR count). The Morgan fingerprint density at radius 3 is 2.60 bits per heavy atom. The second-order valence-electron chi connectivity index (χ2n) is 6.26. The van der Waals surface area contributed by atoms with Gasteiger partial charge in [0.1, 0.15) is 12.4 Å². The Bertz CT molecular complexity index is 422. The van der Waals surface area contributed by atoms with E-state index in [0.717, 1.165) is 31.4 Å². The summed E-state index contributed by atoms with van der Waals surface area (Å²) < 4.78 is 5.93. The summed E-state index contributed by atoms with van der Waals surface area (Å²) in [6.45, 7) is 9.28. The van der Waals surface area contributed by atoms with Crippen molar-refractivity contribution >= 4 is 0 Å². The summed E-state index contributed by atoms with van der Waals surface area (Å²) in [7, 11) is 0. The quantitative estimate of drug-likeness (QED) is 0.787. The minimum atomic E-state index is 0.760. The summed E-state index contributed by atoms with van der Waals surface area (Å²) in [6.07, 6.45) is 7.09. The number of nitrogens with one attached hydrogen (secondary N) is 1. The number of rotatable bonds is 6. The van der Waals surface area contributed by atoms with E-state index in [2.05, 4.69) is 38.2 Å². The van der Waals surface area contributed by atoms with Gasteiger partial charge < -0.3 is 10.1 Å². The first-order valence-electron chi connectivity index (χ1n) is 8.08. The third kappa shape index (κ3) is 4.52. The lowest BCUT2D eigenvalue weighted by atomic mass is 9.89. The average molecular weight is 275 g/mol. The molecule has 0 saturated heterocycles. The highest BCUT2D eigenvalue weighted by Gasteiger charge is 2.12. The highest BCUT2D eigenvalue weighted by Crippen LogP contribution is 2.24. The van der Waals surface area contributed by atoms with Crippen LogP contribution in [0.2, 0.25) is 0 Å². The summed E-state index contributed by atoms with van der Waals surface area (Å²) in [6, 6.07) is 4.35. The summed E-state index contributed by atoms with van der Waals surface area (Å²) in [4.78, 5) is 0. The lowest BCUT2D eigenvalue weighted by Gasteiger charge is -2.21. The molecule has 0 unspecified atom stereocenters. The summed E-state index contributed by atoms with van der Waals surface area (Å²) >= 11 is 0. The Kier molecular flexibility index (Phi) is 5.90. The molecule has 20 heavy (non-hydrogen) atoms. The average Bonchev–Trinajstić information content (AvgIpc) is 2.44. The van der Waals surface area contributed by atoms with E-state index in [1.807, 2.05) is 0 Å². The monoisotopic (exact) mass is 275 g/mol. The van der Waals surface area contributed by atoms with Crippen molar-refractivity contribution < 1.29 is 4.74 Å². The van der Waals surface area contributed by atoms with Crippen molar-refractivity contribution in [2.75, 3.05) is 19.7 Å². The normalized spacial score (nSPS) is 16.4. The molecule has 1 aliphatic carbocycles. The molecule has 0 bridgehead atoms. The SMILES string of the molecule is Cc1cc(C)c(C)c(OCCNCC2CCCCC2)c1. The molecule has 0 aliphatic heterocycles. The molecule has 0 atom stereocenters. The van der Waals surface area contributed by atoms with Crippen LogP contribution < -0.4 is 10.1 Å². The molecule has 1 aromatic carbocycles. The number of benzene rings is 1. The van der Waals surface area contributed by atoms with E-state index < -0.39 is 0 Å². The zero-order chi connectivity index (χ0) is 14.4. The van der Waals surface area contributed by atoms with E-state index in [9.17, 15) is 0 Å². The second-order valence-corrected chi connectivity index (χ2v) is 6.26. The lowest BCUT2D eigenvalue weighted by molar-refractivity contribution is 0.293. The molecule has 1 aromatic rings. The first-order chi connectivity index (χ1) is 9.66. The topological polar surface area (TPSA) is 21.3 Å². The van der Waals surface area contributed by atoms with Gasteiger partial charge in [-0.1, -0.05) is 25.3 Å². The van der Waals surface area contributed by atoms with Crippen molar-refractivity contribution in [3.63, 3.8) is 0 Å². The Morgan fingerprint density at radius 2 is 1.85 bits per heavy atom. The predicted molar refractivity (Wildman–Crippen MR) is 85.6 cm³/mol. The maximum Gasteiger partial charge on any atom is 0.122 e. The fourth-order valence-electron chi connectivity index (χ4n) is 3.08. The smallest absolute Gasteiger partial charge is 0.122 e. The molecule has 2 nitrogen and oxygen atoms in total. The fourth-order valence-corrected chi connectivity index (χ4v) is 3.08. The van der Waals surface area contributed by atoms with Gasteiger partial charge in [-0.15, -0.1) is 0 Å². The van der Waals surface area contributed by atoms with Gasteiger partial charge in [0.05, 0.1) is 0 Å². The molecule has 1 aliphatic rings. The molecular formula is C18H29NO. The van der Waals surface area contributed by atoms with E-state index in [1.165, 1.54) is 48.8 Å². The van der Waals surface area contributed by atoms with Gasteiger partial charge in [-0.25, -0.2) is 0 Å². The van der Waals surface area contributed by atoms with Gasteiger partial charge in [0, 0.05) is 6.54 Å². The zero-order valence-electron chi connectivity index (χ0n) is 13.3. The maximum absolute atomic E-state index is 5.93. The largest absolute Gasteiger partial charge is 0.492 e. The van der Waals surface area contributed by atoms with Gasteiger partial charge in [-0.3, -0.25) is 0 Å². The molecule has 1 saturated carbocycles. The van der Waals surface area contributed by atoms with Crippen LogP contribution in [0.25, 0.3) is 0 Å². The summed E-state index contributed by atoms with van der Waals surface area (Å²) in [5.41, 5.74) is 3.86. The van der Waals surface area contributed by atoms with Crippen molar-refractivity contribution in [1.82, 2.24) is 5.32 Å². The third-order valence-electron chi connectivity index (χ3n) is 4.46. The summed E-state index contributed by atoms with van der Waals surface area (Å²) in [5, 5.41) is 3.55. The first kappa shape index (κ1) is 15.4. The van der Waals surface area contributed by atoms with E-state index in [-0.39, 0.29) is 0 Å². The van der Waals surface area contributed by atoms with Gasteiger partial charge in [0.15, 0.2) is 0 Å². The van der Waals surface area contributed by atoms with Crippen LogP contribution in [0, 0.1) is 26.7 Å². The van der Waals surface area contributed by atoms with E-state index in [4.69, 9.17) is 4.74 Å². The van der Waals surface area contributed by atoms with Gasteiger partial charge >= 0.3 is 0 Å². The maximum atomic E-state index is 5.93. The Hall–Kier alpha value is -1.02. The Labute approximate surface area is 123 Å². The van der Waals surface area contributed by atoms with E-state index in [1.54, 1.807) is 0 Å². The van der Waals surface area contributed by atoms with Crippen molar-refractivity contribution in [3.05, 3.63) is 28.8 Å². The molecule has 2 heteroatoms. The Morgan fingerprint density at radius 1 is 1.10 bits per heavy atom. The minimum Gasteiger partial charge on any atom is -0.492 e. The number of hydrogen-bond acceptors (Lipinski definition) is 2. The van der Waals surface area contributed by atoms with Crippen LogP contribution in [-0.2, 0) is 0 Å².